The molecule has 0 atom stereocenters. The Hall–Kier alpha value is -1.66. The molecular weight excluding hydrogens is 252 g/mol. The van der Waals surface area contributed by atoms with Gasteiger partial charge >= 0.3 is 5.97 Å². The molecule has 3 N–H and O–H groups in total. The fourth-order valence-corrected chi connectivity index (χ4v) is 1.54. The summed E-state index contributed by atoms with van der Waals surface area (Å²) in [5.41, 5.74) is 5.96. The highest BCUT2D eigenvalue weighted by Crippen LogP contribution is 2.01. The zero-order valence-corrected chi connectivity index (χ0v) is 10.7. The van der Waals surface area contributed by atoms with E-state index in [0.29, 0.717) is 18.7 Å². The third-order valence-corrected chi connectivity index (χ3v) is 2.54. The molecule has 0 aliphatic carbocycles. The van der Waals surface area contributed by atoms with Crippen LogP contribution < -0.4 is 5.73 Å². The lowest BCUT2D eigenvalue weighted by atomic mass is 10.2. The number of nitrogens with two attached hydrogens (primary N) is 1. The highest BCUT2D eigenvalue weighted by molar-refractivity contribution is 7.80. The van der Waals surface area contributed by atoms with Gasteiger partial charge in [0.25, 0.3) is 0 Å². The van der Waals surface area contributed by atoms with E-state index >= 15 is 0 Å². The Morgan fingerprint density at radius 1 is 1.33 bits per heavy atom. The highest BCUT2D eigenvalue weighted by Gasteiger charge is 2.09. The molecule has 1 aromatic rings. The molecule has 0 bridgehead atoms. The summed E-state index contributed by atoms with van der Waals surface area (Å²) in [6, 6.07) is 8.72. The van der Waals surface area contributed by atoms with Crippen LogP contribution in [-0.4, -0.2) is 47.4 Å². The number of rotatable bonds is 6. The van der Waals surface area contributed by atoms with Crippen molar-refractivity contribution in [3.8, 4) is 0 Å². The summed E-state index contributed by atoms with van der Waals surface area (Å²) in [5, 5.41) is 8.99. The van der Waals surface area contributed by atoms with E-state index in [1.807, 2.05) is 6.07 Å². The molecule has 5 nitrogen and oxygen atoms in total. The van der Waals surface area contributed by atoms with Crippen LogP contribution in [0.3, 0.4) is 0 Å². The van der Waals surface area contributed by atoms with Crippen LogP contribution >= 0.6 is 12.2 Å². The van der Waals surface area contributed by atoms with Crippen LogP contribution in [0.5, 0.6) is 0 Å². The van der Waals surface area contributed by atoms with Crippen molar-refractivity contribution in [3.05, 3.63) is 35.9 Å². The minimum absolute atomic E-state index is 0.0516. The molecule has 0 spiro atoms. The first-order valence-electron chi connectivity index (χ1n) is 5.52. The van der Waals surface area contributed by atoms with E-state index < -0.39 is 0 Å². The molecular formula is C12H16N2O3S. The zero-order chi connectivity index (χ0) is 13.4. The minimum atomic E-state index is -0.387. The summed E-state index contributed by atoms with van der Waals surface area (Å²) in [6.07, 6.45) is 0. The summed E-state index contributed by atoms with van der Waals surface area (Å²) >= 11 is 4.81. The molecule has 0 amide bonds. The van der Waals surface area contributed by atoms with Crippen LogP contribution in [0, 0.1) is 0 Å². The molecule has 6 heteroatoms. The number of aliphatic hydroxyl groups is 1. The fraction of sp³-hybridized carbons (Fsp3) is 0.333. The van der Waals surface area contributed by atoms with Crippen molar-refractivity contribution in [1.82, 2.24) is 4.90 Å². The maximum absolute atomic E-state index is 11.6. The van der Waals surface area contributed by atoms with Crippen molar-refractivity contribution in [2.45, 2.75) is 0 Å². The Morgan fingerprint density at radius 2 is 2.00 bits per heavy atom. The molecule has 18 heavy (non-hydrogen) atoms. The van der Waals surface area contributed by atoms with Gasteiger partial charge in [-0.3, -0.25) is 0 Å². The Morgan fingerprint density at radius 3 is 2.56 bits per heavy atom. The number of hydrogen-bond acceptors (Lipinski definition) is 4. The van der Waals surface area contributed by atoms with E-state index in [-0.39, 0.29) is 24.3 Å². The molecule has 0 unspecified atom stereocenters. The van der Waals surface area contributed by atoms with Crippen LogP contribution in [-0.2, 0) is 4.74 Å². The van der Waals surface area contributed by atoms with Gasteiger partial charge < -0.3 is 20.5 Å². The van der Waals surface area contributed by atoms with E-state index in [1.54, 1.807) is 29.2 Å². The van der Waals surface area contributed by atoms with Crippen molar-refractivity contribution >= 4 is 23.3 Å². The summed E-state index contributed by atoms with van der Waals surface area (Å²) in [6.45, 7) is 0.821. The lowest BCUT2D eigenvalue weighted by Crippen LogP contribution is -2.40. The molecule has 0 aliphatic heterocycles. The minimum Gasteiger partial charge on any atom is -0.460 e. The third kappa shape index (κ3) is 4.68. The molecule has 0 heterocycles. The standard InChI is InChI=1S/C12H16N2O3S/c13-12(18)14(6-8-15)7-9-17-11(16)10-4-2-1-3-5-10/h1-5,15H,6-9H2,(H2,13,18). The molecule has 1 aromatic carbocycles. The molecule has 0 aromatic heterocycles. The van der Waals surface area contributed by atoms with E-state index in [0.717, 1.165) is 0 Å². The van der Waals surface area contributed by atoms with Gasteiger partial charge in [0.15, 0.2) is 5.11 Å². The fourth-order valence-electron chi connectivity index (χ4n) is 1.36. The maximum atomic E-state index is 11.6. The SMILES string of the molecule is NC(=S)N(CCO)CCOC(=O)c1ccccc1. The van der Waals surface area contributed by atoms with E-state index in [9.17, 15) is 4.79 Å². The van der Waals surface area contributed by atoms with Gasteiger partial charge in [0.05, 0.1) is 18.7 Å². The number of esters is 1. The topological polar surface area (TPSA) is 75.8 Å². The van der Waals surface area contributed by atoms with Gasteiger partial charge in [0, 0.05) is 6.54 Å². The number of hydrogen-bond donors (Lipinski definition) is 2. The number of ether oxygens (including phenoxy) is 1. The molecule has 0 saturated carbocycles. The average molecular weight is 268 g/mol. The number of benzene rings is 1. The van der Waals surface area contributed by atoms with Crippen LogP contribution in [0.25, 0.3) is 0 Å². The zero-order valence-electron chi connectivity index (χ0n) is 9.91. The Kier molecular flexibility index (Phi) is 6.10. The first-order chi connectivity index (χ1) is 8.65. The Balaban J connectivity index is 2.37. The van der Waals surface area contributed by atoms with Gasteiger partial charge in [-0.05, 0) is 24.4 Å². The molecule has 98 valence electrons. The van der Waals surface area contributed by atoms with Gasteiger partial charge in [0.1, 0.15) is 6.61 Å². The first kappa shape index (κ1) is 14.4. The largest absolute Gasteiger partial charge is 0.460 e. The Labute approximate surface area is 111 Å². The summed E-state index contributed by atoms with van der Waals surface area (Å²) in [7, 11) is 0. The van der Waals surface area contributed by atoms with Crippen LogP contribution in [0.2, 0.25) is 0 Å². The highest BCUT2D eigenvalue weighted by atomic mass is 32.1. The summed E-state index contributed by atoms with van der Waals surface area (Å²) < 4.78 is 5.08. The number of aliphatic hydroxyl groups excluding tert-OH is 1. The number of nitrogens with zero attached hydrogens (tertiary/aromatic N) is 1. The van der Waals surface area contributed by atoms with E-state index in [1.165, 1.54) is 0 Å². The van der Waals surface area contributed by atoms with Crippen molar-refractivity contribution in [2.24, 2.45) is 5.73 Å². The van der Waals surface area contributed by atoms with Crippen molar-refractivity contribution < 1.29 is 14.6 Å². The monoisotopic (exact) mass is 268 g/mol. The average Bonchev–Trinajstić information content (AvgIpc) is 2.38. The molecule has 1 rings (SSSR count). The second kappa shape index (κ2) is 7.62. The number of carbonyl (C=O) groups excluding carboxylic acids is 1. The van der Waals surface area contributed by atoms with Crippen LogP contribution in [0.4, 0.5) is 0 Å². The maximum Gasteiger partial charge on any atom is 0.338 e. The second-order valence-corrected chi connectivity index (χ2v) is 3.97. The normalized spacial score (nSPS) is 9.83. The van der Waals surface area contributed by atoms with Gasteiger partial charge in [0.2, 0.25) is 0 Å². The molecule has 0 radical (unpaired) electrons. The lowest BCUT2D eigenvalue weighted by Gasteiger charge is -2.21. The second-order valence-electron chi connectivity index (χ2n) is 3.55. The van der Waals surface area contributed by atoms with Crippen molar-refractivity contribution in [3.63, 3.8) is 0 Å². The molecule has 0 fully saturated rings. The van der Waals surface area contributed by atoms with Gasteiger partial charge in [-0.2, -0.15) is 0 Å². The molecule has 0 aliphatic rings. The Bertz CT molecular complexity index is 398. The van der Waals surface area contributed by atoms with Crippen LogP contribution in [0.15, 0.2) is 30.3 Å². The van der Waals surface area contributed by atoms with Gasteiger partial charge in [-0.15, -0.1) is 0 Å². The number of thiocarbonyl (C=S) groups is 1. The van der Waals surface area contributed by atoms with Crippen molar-refractivity contribution in [1.29, 1.82) is 0 Å². The molecule has 0 saturated heterocycles. The van der Waals surface area contributed by atoms with Gasteiger partial charge in [-0.25, -0.2) is 4.79 Å². The predicted octanol–water partition coefficient (Wildman–Crippen LogP) is 0.381. The van der Waals surface area contributed by atoms with E-state index in [2.05, 4.69) is 0 Å². The summed E-state index contributed by atoms with van der Waals surface area (Å²) in [5.74, 6) is -0.387. The van der Waals surface area contributed by atoms with Crippen LogP contribution in [0.1, 0.15) is 10.4 Å². The number of carbonyl (C=O) groups is 1. The predicted molar refractivity (Wildman–Crippen MR) is 72.2 cm³/mol. The lowest BCUT2D eigenvalue weighted by molar-refractivity contribution is 0.0483. The third-order valence-electron chi connectivity index (χ3n) is 2.29. The summed E-state index contributed by atoms with van der Waals surface area (Å²) in [4.78, 5) is 13.2. The quantitative estimate of drug-likeness (QED) is 0.574. The van der Waals surface area contributed by atoms with Crippen molar-refractivity contribution in [2.75, 3.05) is 26.3 Å². The van der Waals surface area contributed by atoms with Gasteiger partial charge in [-0.1, -0.05) is 18.2 Å². The first-order valence-corrected chi connectivity index (χ1v) is 5.93. The smallest absolute Gasteiger partial charge is 0.338 e. The van der Waals surface area contributed by atoms with E-state index in [4.69, 9.17) is 27.8 Å².